The molecule has 1 rings (SSSR count). The second kappa shape index (κ2) is 5.44. The maximum Gasteiger partial charge on any atom is 0.373 e. The zero-order valence-corrected chi connectivity index (χ0v) is 10.8. The van der Waals surface area contributed by atoms with Crippen molar-refractivity contribution >= 4 is 46.5 Å². The molecular formula is C9H7Cl3N2O3. The molecule has 0 unspecified atom stereocenters. The molecule has 0 saturated carbocycles. The van der Waals surface area contributed by atoms with E-state index in [9.17, 15) is 4.79 Å². The third-order valence-corrected chi connectivity index (χ3v) is 2.77. The van der Waals surface area contributed by atoms with Gasteiger partial charge in [0.2, 0.25) is 11.0 Å². The summed E-state index contributed by atoms with van der Waals surface area (Å²) >= 11 is 17.4. The summed E-state index contributed by atoms with van der Waals surface area (Å²) < 4.78 is 4.81. The molecule has 0 radical (unpaired) electrons. The summed E-state index contributed by atoms with van der Waals surface area (Å²) in [5.41, 5.74) is 5.50. The molecule has 5 nitrogen and oxygen atoms in total. The van der Waals surface area contributed by atoms with E-state index in [1.807, 2.05) is 0 Å². The van der Waals surface area contributed by atoms with Gasteiger partial charge in [-0.25, -0.2) is 4.79 Å². The molecule has 1 heterocycles. The molecule has 1 aromatic heterocycles. The quantitative estimate of drug-likeness (QED) is 0.840. The van der Waals surface area contributed by atoms with Crippen LogP contribution in [0.15, 0.2) is 20.6 Å². The third kappa shape index (κ3) is 2.57. The maximum atomic E-state index is 10.8. The zero-order chi connectivity index (χ0) is 13.2. The van der Waals surface area contributed by atoms with Crippen molar-refractivity contribution in [1.29, 1.82) is 0 Å². The number of carbonyl (C=O) groups is 1. The van der Waals surface area contributed by atoms with Gasteiger partial charge in [0, 0.05) is 13.2 Å². The van der Waals surface area contributed by atoms with Crippen LogP contribution in [0.25, 0.3) is 0 Å². The van der Waals surface area contributed by atoms with Crippen molar-refractivity contribution < 1.29 is 14.3 Å². The fraction of sp³-hybridized carbons (Fsp3) is 0.111. The Morgan fingerprint density at radius 1 is 1.53 bits per heavy atom. The number of aromatic carboxylic acids is 1. The standard InChI is InChI=1S/C9H7Cl3N2O3/c1-14-6(3(10)2-13)4-5(11)7(9(15)16)17-8(4)12/h2H,13H2,1H3,(H,15,16). The van der Waals surface area contributed by atoms with Gasteiger partial charge < -0.3 is 15.3 Å². The summed E-state index contributed by atoms with van der Waals surface area (Å²) in [5.74, 6) is -1.82. The predicted molar refractivity (Wildman–Crippen MR) is 66.3 cm³/mol. The van der Waals surface area contributed by atoms with Gasteiger partial charge in [-0.3, -0.25) is 4.99 Å². The lowest BCUT2D eigenvalue weighted by atomic mass is 10.2. The summed E-state index contributed by atoms with van der Waals surface area (Å²) in [7, 11) is 1.43. The van der Waals surface area contributed by atoms with E-state index in [2.05, 4.69) is 4.99 Å². The number of rotatable bonds is 3. The second-order valence-electron chi connectivity index (χ2n) is 2.79. The Morgan fingerprint density at radius 2 is 2.12 bits per heavy atom. The van der Waals surface area contributed by atoms with Gasteiger partial charge in [-0.2, -0.15) is 0 Å². The Morgan fingerprint density at radius 3 is 2.47 bits per heavy atom. The van der Waals surface area contributed by atoms with E-state index in [-0.39, 0.29) is 26.5 Å². The lowest BCUT2D eigenvalue weighted by Crippen LogP contribution is -2.04. The Kier molecular flexibility index (Phi) is 4.45. The minimum absolute atomic E-state index is 0.0778. The molecule has 0 aliphatic heterocycles. The molecule has 1 aromatic rings. The van der Waals surface area contributed by atoms with Crippen LogP contribution in [0.3, 0.4) is 0 Å². The van der Waals surface area contributed by atoms with Gasteiger partial charge >= 0.3 is 5.97 Å². The summed E-state index contributed by atoms with van der Waals surface area (Å²) in [5, 5.41) is 8.49. The van der Waals surface area contributed by atoms with Gasteiger partial charge in [-0.15, -0.1) is 0 Å². The monoisotopic (exact) mass is 296 g/mol. The van der Waals surface area contributed by atoms with E-state index >= 15 is 0 Å². The first-order chi connectivity index (χ1) is 7.93. The van der Waals surface area contributed by atoms with Gasteiger partial charge in [0.25, 0.3) is 0 Å². The lowest BCUT2D eigenvalue weighted by molar-refractivity contribution is 0.0663. The lowest BCUT2D eigenvalue weighted by Gasteiger charge is -2.01. The number of aliphatic imine (C=N–C) groups is 1. The van der Waals surface area contributed by atoms with Crippen molar-refractivity contribution in [3.8, 4) is 0 Å². The van der Waals surface area contributed by atoms with Crippen LogP contribution in [-0.4, -0.2) is 23.8 Å². The van der Waals surface area contributed by atoms with Crippen LogP contribution in [0.5, 0.6) is 0 Å². The molecule has 0 fully saturated rings. The first-order valence-electron chi connectivity index (χ1n) is 4.20. The van der Waals surface area contributed by atoms with Crippen molar-refractivity contribution in [2.45, 2.75) is 0 Å². The van der Waals surface area contributed by atoms with Gasteiger partial charge in [-0.1, -0.05) is 23.2 Å². The molecule has 0 saturated heterocycles. The van der Waals surface area contributed by atoms with Crippen LogP contribution < -0.4 is 5.73 Å². The van der Waals surface area contributed by atoms with E-state index < -0.39 is 11.7 Å². The minimum atomic E-state index is -1.34. The average molecular weight is 298 g/mol. The molecule has 0 spiro atoms. The largest absolute Gasteiger partial charge is 0.475 e. The summed E-state index contributed by atoms with van der Waals surface area (Å²) in [6, 6.07) is 0. The summed E-state index contributed by atoms with van der Waals surface area (Å²) in [6.45, 7) is 0. The highest BCUT2D eigenvalue weighted by Gasteiger charge is 2.26. The first-order valence-corrected chi connectivity index (χ1v) is 5.33. The highest BCUT2D eigenvalue weighted by atomic mass is 35.5. The molecular weight excluding hydrogens is 290 g/mol. The molecule has 0 amide bonds. The summed E-state index contributed by atoms with van der Waals surface area (Å²) in [4.78, 5) is 14.6. The molecule has 0 aliphatic rings. The van der Waals surface area contributed by atoms with E-state index in [0.29, 0.717) is 0 Å². The fourth-order valence-electron chi connectivity index (χ4n) is 1.14. The normalized spacial score (nSPS) is 12.9. The molecule has 92 valence electrons. The Hall–Kier alpha value is -1.17. The Bertz CT molecular complexity index is 520. The number of halogens is 3. The molecule has 0 aromatic carbocycles. The highest BCUT2D eigenvalue weighted by Crippen LogP contribution is 2.34. The number of furan rings is 1. The molecule has 17 heavy (non-hydrogen) atoms. The third-order valence-electron chi connectivity index (χ3n) is 1.83. The van der Waals surface area contributed by atoms with Gasteiger partial charge in [0.15, 0.2) is 0 Å². The van der Waals surface area contributed by atoms with Gasteiger partial charge in [-0.05, 0) is 11.6 Å². The van der Waals surface area contributed by atoms with Crippen LogP contribution in [0.2, 0.25) is 10.2 Å². The van der Waals surface area contributed by atoms with Crippen molar-refractivity contribution in [2.24, 2.45) is 10.7 Å². The fourth-order valence-corrected chi connectivity index (χ4v) is 1.92. The average Bonchev–Trinajstić information content (AvgIpc) is 2.57. The van der Waals surface area contributed by atoms with Crippen molar-refractivity contribution in [3.05, 3.63) is 32.8 Å². The van der Waals surface area contributed by atoms with E-state index in [4.69, 9.17) is 50.1 Å². The minimum Gasteiger partial charge on any atom is -0.475 e. The number of carboxylic acid groups (broad SMARTS) is 1. The topological polar surface area (TPSA) is 88.8 Å². The van der Waals surface area contributed by atoms with Gasteiger partial charge in [0.05, 0.1) is 16.3 Å². The maximum absolute atomic E-state index is 10.8. The van der Waals surface area contributed by atoms with E-state index in [1.54, 1.807) is 0 Å². The molecule has 0 bridgehead atoms. The van der Waals surface area contributed by atoms with Crippen LogP contribution >= 0.6 is 34.8 Å². The molecule has 0 atom stereocenters. The van der Waals surface area contributed by atoms with Gasteiger partial charge in [0.1, 0.15) is 5.02 Å². The first kappa shape index (κ1) is 13.9. The number of nitrogens with two attached hydrogens (primary N) is 1. The zero-order valence-electron chi connectivity index (χ0n) is 8.50. The second-order valence-corrected chi connectivity index (χ2v) is 3.91. The van der Waals surface area contributed by atoms with E-state index in [1.165, 1.54) is 7.05 Å². The summed E-state index contributed by atoms with van der Waals surface area (Å²) in [6.07, 6.45) is 1.09. The van der Waals surface area contributed by atoms with Crippen molar-refractivity contribution in [1.82, 2.24) is 0 Å². The molecule has 0 aliphatic carbocycles. The molecule has 3 N–H and O–H groups in total. The highest BCUT2D eigenvalue weighted by molar-refractivity contribution is 6.51. The SMILES string of the molecule is CN=C(C(Cl)=CN)c1c(Cl)oc(C(=O)O)c1Cl. The number of nitrogens with zero attached hydrogens (tertiary/aromatic N) is 1. The number of hydrogen-bond donors (Lipinski definition) is 2. The van der Waals surface area contributed by atoms with Crippen LogP contribution in [0, 0.1) is 0 Å². The Labute approximate surface area is 111 Å². The number of allylic oxidation sites excluding steroid dienone is 1. The predicted octanol–water partition coefficient (Wildman–Crippen LogP) is 2.74. The number of carboxylic acids is 1. The van der Waals surface area contributed by atoms with Crippen molar-refractivity contribution in [2.75, 3.05) is 7.05 Å². The van der Waals surface area contributed by atoms with E-state index in [0.717, 1.165) is 6.20 Å². The van der Waals surface area contributed by atoms with Crippen LogP contribution in [0.4, 0.5) is 0 Å². The Balaban J connectivity index is 3.47. The van der Waals surface area contributed by atoms with Crippen molar-refractivity contribution in [3.63, 3.8) is 0 Å². The van der Waals surface area contributed by atoms with Crippen LogP contribution in [-0.2, 0) is 0 Å². The molecule has 8 heteroatoms. The number of hydrogen-bond acceptors (Lipinski definition) is 4. The van der Waals surface area contributed by atoms with Crippen LogP contribution in [0.1, 0.15) is 16.1 Å². The smallest absolute Gasteiger partial charge is 0.373 e.